The summed E-state index contributed by atoms with van der Waals surface area (Å²) in [5.74, 6) is -0.414. The standard InChI is InChI=1S/C85H166O17P2/c1-7-10-12-14-16-17-18-19-34-40-45-51-57-63-69-84(89)101-80(73-95-82(87)67-61-55-47-15-13-11-8-2)75-99-103(91,92)97-71-79(86)72-98-104(93,94)100-76-81(74-96-83(88)68-62-56-50-44-39-35-30-26-22-20-24-28-32-37-42-48-53-59-65-77(4)5)102-85(90)70-64-58-52-46-41-36-31-27-23-21-25-29-33-38-43-49-54-60-66-78(6)9-3/h77-81,86H,7-76H2,1-6H3,(H,91,92)(H,93,94)/t78?,79-,80+,81+/m0/s1. The predicted octanol–water partition coefficient (Wildman–Crippen LogP) is 25.8. The maximum absolute atomic E-state index is 13.1. The summed E-state index contributed by atoms with van der Waals surface area (Å²) in [5, 5.41) is 10.6. The van der Waals surface area contributed by atoms with E-state index in [0.29, 0.717) is 25.7 Å². The molecule has 0 aliphatic heterocycles. The Morgan fingerprint density at radius 1 is 0.279 bits per heavy atom. The van der Waals surface area contributed by atoms with Gasteiger partial charge in [-0.05, 0) is 37.5 Å². The second-order valence-corrected chi connectivity index (χ2v) is 34.2. The zero-order valence-corrected chi connectivity index (χ0v) is 70.1. The topological polar surface area (TPSA) is 237 Å². The summed E-state index contributed by atoms with van der Waals surface area (Å²) < 4.78 is 68.7. The Labute approximate surface area is 638 Å². The predicted molar refractivity (Wildman–Crippen MR) is 428 cm³/mol. The highest BCUT2D eigenvalue weighted by Crippen LogP contribution is 2.45. The van der Waals surface area contributed by atoms with Crippen molar-refractivity contribution in [3.8, 4) is 0 Å². The first kappa shape index (κ1) is 102. The number of esters is 4. The molecule has 0 fully saturated rings. The lowest BCUT2D eigenvalue weighted by Gasteiger charge is -2.21. The molecule has 19 heteroatoms. The molecule has 0 aromatic carbocycles. The van der Waals surface area contributed by atoms with Crippen LogP contribution in [0.15, 0.2) is 0 Å². The lowest BCUT2D eigenvalue weighted by molar-refractivity contribution is -0.161. The van der Waals surface area contributed by atoms with Crippen molar-refractivity contribution < 1.29 is 80.2 Å². The molecule has 104 heavy (non-hydrogen) atoms. The number of carbonyl (C=O) groups is 4. The van der Waals surface area contributed by atoms with Gasteiger partial charge in [0.1, 0.15) is 19.3 Å². The average molecular weight is 1520 g/mol. The molecule has 0 aromatic heterocycles. The Kier molecular flexibility index (Phi) is 75.0. The van der Waals surface area contributed by atoms with Crippen LogP contribution in [0.5, 0.6) is 0 Å². The van der Waals surface area contributed by atoms with E-state index in [-0.39, 0.29) is 25.7 Å². The first-order chi connectivity index (χ1) is 50.4. The number of ether oxygens (including phenoxy) is 4. The van der Waals surface area contributed by atoms with Crippen LogP contribution in [-0.2, 0) is 65.4 Å². The van der Waals surface area contributed by atoms with Gasteiger partial charge in [0.25, 0.3) is 0 Å². The minimum absolute atomic E-state index is 0.108. The summed E-state index contributed by atoms with van der Waals surface area (Å²) in [5.41, 5.74) is 0. The van der Waals surface area contributed by atoms with Crippen molar-refractivity contribution in [3.05, 3.63) is 0 Å². The summed E-state index contributed by atoms with van der Waals surface area (Å²) in [4.78, 5) is 73.0. The van der Waals surface area contributed by atoms with Gasteiger partial charge in [-0.2, -0.15) is 0 Å². The number of carbonyl (C=O) groups excluding carboxylic acids is 4. The molecule has 3 unspecified atom stereocenters. The van der Waals surface area contributed by atoms with Crippen molar-refractivity contribution in [1.29, 1.82) is 0 Å². The van der Waals surface area contributed by atoms with Crippen molar-refractivity contribution in [1.82, 2.24) is 0 Å². The van der Waals surface area contributed by atoms with Crippen LogP contribution in [0.2, 0.25) is 0 Å². The number of phosphoric acid groups is 2. The monoisotopic (exact) mass is 1520 g/mol. The Hall–Kier alpha value is -1.94. The second kappa shape index (κ2) is 76.4. The lowest BCUT2D eigenvalue weighted by atomic mass is 9.99. The Morgan fingerprint density at radius 3 is 0.731 bits per heavy atom. The Balaban J connectivity index is 5.15. The van der Waals surface area contributed by atoms with Gasteiger partial charge in [0.05, 0.1) is 26.4 Å². The zero-order valence-electron chi connectivity index (χ0n) is 68.3. The summed E-state index contributed by atoms with van der Waals surface area (Å²) >= 11 is 0. The van der Waals surface area contributed by atoms with Gasteiger partial charge in [-0.25, -0.2) is 9.13 Å². The number of hydrogen-bond acceptors (Lipinski definition) is 15. The van der Waals surface area contributed by atoms with Gasteiger partial charge >= 0.3 is 39.5 Å². The molecule has 0 rings (SSSR count). The third-order valence-corrected chi connectivity index (χ3v) is 22.2. The molecule has 0 aliphatic carbocycles. The fourth-order valence-electron chi connectivity index (χ4n) is 13.2. The first-order valence-corrected chi connectivity index (χ1v) is 47.0. The van der Waals surface area contributed by atoms with Crippen molar-refractivity contribution in [2.75, 3.05) is 39.6 Å². The van der Waals surface area contributed by atoms with E-state index < -0.39 is 97.5 Å². The SMILES string of the molecule is CCCCCCCCCCCCCCCCC(=O)O[C@H](COC(=O)CCCCCCCCC)COP(=O)(O)OC[C@H](O)COP(=O)(O)OC[C@@H](COC(=O)CCCCCCCCCCCCCCCCCCCCC(C)C)OC(=O)CCCCCCCCCCCCCCCCCCCCC(C)CC. The van der Waals surface area contributed by atoms with Gasteiger partial charge in [0.2, 0.25) is 0 Å². The third-order valence-electron chi connectivity index (χ3n) is 20.3. The molecular formula is C85H166O17P2. The van der Waals surface area contributed by atoms with E-state index in [1.807, 2.05) is 0 Å². The molecule has 6 atom stereocenters. The van der Waals surface area contributed by atoms with E-state index in [2.05, 4.69) is 41.5 Å². The van der Waals surface area contributed by atoms with E-state index in [1.54, 1.807) is 0 Å². The number of aliphatic hydroxyl groups excluding tert-OH is 1. The molecule has 618 valence electrons. The van der Waals surface area contributed by atoms with Gasteiger partial charge in [0, 0.05) is 25.7 Å². The molecule has 0 amide bonds. The Morgan fingerprint density at radius 2 is 0.490 bits per heavy atom. The Bertz CT molecular complexity index is 2000. The van der Waals surface area contributed by atoms with E-state index >= 15 is 0 Å². The molecular weight excluding hydrogens is 1350 g/mol. The largest absolute Gasteiger partial charge is 0.472 e. The number of aliphatic hydroxyl groups is 1. The second-order valence-electron chi connectivity index (χ2n) is 31.3. The number of unbranched alkanes of at least 4 members (excludes halogenated alkanes) is 53. The molecule has 0 aliphatic rings. The van der Waals surface area contributed by atoms with Gasteiger partial charge < -0.3 is 33.8 Å². The van der Waals surface area contributed by atoms with Crippen LogP contribution in [-0.4, -0.2) is 96.7 Å². The van der Waals surface area contributed by atoms with Crippen molar-refractivity contribution >= 4 is 39.5 Å². The number of phosphoric ester groups is 2. The van der Waals surface area contributed by atoms with E-state index in [0.717, 1.165) is 115 Å². The zero-order chi connectivity index (χ0) is 76.4. The molecule has 3 N–H and O–H groups in total. The quantitative estimate of drug-likeness (QED) is 0.0222. The summed E-state index contributed by atoms with van der Waals surface area (Å²) in [6.07, 6.45) is 68.2. The molecule has 17 nitrogen and oxygen atoms in total. The van der Waals surface area contributed by atoms with Crippen LogP contribution in [0, 0.1) is 11.8 Å². The fourth-order valence-corrected chi connectivity index (χ4v) is 14.8. The molecule has 0 radical (unpaired) electrons. The highest BCUT2D eigenvalue weighted by atomic mass is 31.2. The normalized spacial score (nSPS) is 14.1. The van der Waals surface area contributed by atoms with Crippen LogP contribution in [0.1, 0.15) is 452 Å². The van der Waals surface area contributed by atoms with Gasteiger partial charge in [0.15, 0.2) is 12.2 Å². The van der Waals surface area contributed by atoms with Crippen molar-refractivity contribution in [3.63, 3.8) is 0 Å². The van der Waals surface area contributed by atoms with Crippen LogP contribution in [0.3, 0.4) is 0 Å². The molecule has 0 saturated carbocycles. The molecule has 0 spiro atoms. The van der Waals surface area contributed by atoms with Crippen molar-refractivity contribution in [2.45, 2.75) is 471 Å². The number of rotatable bonds is 84. The third kappa shape index (κ3) is 76.8. The lowest BCUT2D eigenvalue weighted by Crippen LogP contribution is -2.30. The smallest absolute Gasteiger partial charge is 0.462 e. The first-order valence-electron chi connectivity index (χ1n) is 44.0. The maximum Gasteiger partial charge on any atom is 0.472 e. The highest BCUT2D eigenvalue weighted by Gasteiger charge is 2.30. The summed E-state index contributed by atoms with van der Waals surface area (Å²) in [6.45, 7) is 9.72. The van der Waals surface area contributed by atoms with Crippen LogP contribution >= 0.6 is 15.6 Å². The molecule has 0 saturated heterocycles. The van der Waals surface area contributed by atoms with E-state index in [1.165, 1.54) is 257 Å². The fraction of sp³-hybridized carbons (Fsp3) is 0.953. The minimum Gasteiger partial charge on any atom is -0.462 e. The highest BCUT2D eigenvalue weighted by molar-refractivity contribution is 7.47. The van der Waals surface area contributed by atoms with Gasteiger partial charge in [-0.15, -0.1) is 0 Å². The molecule has 0 bridgehead atoms. The van der Waals surface area contributed by atoms with Crippen LogP contribution < -0.4 is 0 Å². The average Bonchev–Trinajstić information content (AvgIpc) is 0.913. The minimum atomic E-state index is -4.96. The van der Waals surface area contributed by atoms with Crippen LogP contribution in [0.4, 0.5) is 0 Å². The van der Waals surface area contributed by atoms with Gasteiger partial charge in [-0.1, -0.05) is 401 Å². The number of hydrogen-bond donors (Lipinski definition) is 3. The van der Waals surface area contributed by atoms with E-state index in [9.17, 15) is 43.2 Å². The summed E-state index contributed by atoms with van der Waals surface area (Å²) in [6, 6.07) is 0. The van der Waals surface area contributed by atoms with Crippen LogP contribution in [0.25, 0.3) is 0 Å². The maximum atomic E-state index is 13.1. The summed E-state index contributed by atoms with van der Waals surface area (Å²) in [7, 11) is -9.92. The molecule has 0 heterocycles. The molecule has 0 aromatic rings. The van der Waals surface area contributed by atoms with Crippen molar-refractivity contribution in [2.24, 2.45) is 11.8 Å². The van der Waals surface area contributed by atoms with Gasteiger partial charge in [-0.3, -0.25) is 37.3 Å². The van der Waals surface area contributed by atoms with E-state index in [4.69, 9.17) is 37.0 Å².